The molecule has 0 aromatic carbocycles. The summed E-state index contributed by atoms with van der Waals surface area (Å²) >= 11 is 0. The van der Waals surface area contributed by atoms with E-state index in [1.54, 1.807) is 83.1 Å². The van der Waals surface area contributed by atoms with Gasteiger partial charge in [0.15, 0.2) is 25.2 Å². The molecule has 9 N–H and O–H groups in total. The molecule has 610 valence electrons. The van der Waals surface area contributed by atoms with Crippen LogP contribution in [-0.4, -0.2) is 305 Å². The molecule has 6 rings (SSSR count). The minimum Gasteiger partial charge on any atom is -0.459 e. The molecule has 37 atom stereocenters. The zero-order valence-electron chi connectivity index (χ0n) is 67.9. The Balaban J connectivity index is 0.000000374. The van der Waals surface area contributed by atoms with Crippen LogP contribution in [0.4, 0.5) is 0 Å². The summed E-state index contributed by atoms with van der Waals surface area (Å²) in [5, 5.41) is 103. The van der Waals surface area contributed by atoms with Gasteiger partial charge in [-0.3, -0.25) is 14.4 Å². The van der Waals surface area contributed by atoms with Crippen molar-refractivity contribution in [2.24, 2.45) is 47.3 Å². The van der Waals surface area contributed by atoms with E-state index in [4.69, 9.17) is 66.3 Å². The highest BCUT2D eigenvalue weighted by atomic mass is 16.7. The summed E-state index contributed by atoms with van der Waals surface area (Å²) < 4.78 is 87.9. The van der Waals surface area contributed by atoms with Crippen molar-refractivity contribution in [1.82, 2.24) is 9.80 Å². The molecule has 0 bridgehead atoms. The van der Waals surface area contributed by atoms with Gasteiger partial charge in [-0.2, -0.15) is 0 Å². The third kappa shape index (κ3) is 20.5. The fraction of sp³-hybridized carbons (Fsp3) is 0.961. The number of aliphatic hydroxyl groups is 9. The summed E-state index contributed by atoms with van der Waals surface area (Å²) in [6.07, 6.45) is -18.1. The van der Waals surface area contributed by atoms with Gasteiger partial charge in [0, 0.05) is 83.0 Å². The second-order valence-corrected chi connectivity index (χ2v) is 33.5. The van der Waals surface area contributed by atoms with E-state index in [2.05, 4.69) is 0 Å². The van der Waals surface area contributed by atoms with Gasteiger partial charge in [-0.1, -0.05) is 55.4 Å². The van der Waals surface area contributed by atoms with Crippen molar-refractivity contribution in [2.75, 3.05) is 56.6 Å². The van der Waals surface area contributed by atoms with Crippen LogP contribution in [0.1, 0.15) is 190 Å². The summed E-state index contributed by atoms with van der Waals surface area (Å²) in [5.74, 6) is -8.16. The van der Waals surface area contributed by atoms with Crippen LogP contribution < -0.4 is 0 Å². The van der Waals surface area contributed by atoms with Crippen LogP contribution in [0.15, 0.2) is 0 Å². The van der Waals surface area contributed by atoms with Crippen molar-refractivity contribution < 1.29 is 127 Å². The average Bonchev–Trinajstić information content (AvgIpc) is 0.928. The number of methoxy groups -OCH3 is 4. The highest BCUT2D eigenvalue weighted by molar-refractivity contribution is 5.83. The van der Waals surface area contributed by atoms with Crippen LogP contribution in [0.25, 0.3) is 0 Å². The first-order valence-corrected chi connectivity index (χ1v) is 37.9. The van der Waals surface area contributed by atoms with Crippen LogP contribution in [0.5, 0.6) is 0 Å². The monoisotopic (exact) mass is 1500 g/mol. The summed E-state index contributed by atoms with van der Waals surface area (Å²) in [5.41, 5.74) is -8.36. The number of ketones is 1. The van der Waals surface area contributed by atoms with E-state index in [-0.39, 0.29) is 68.6 Å². The molecular formula is C76H140N2O26. The lowest BCUT2D eigenvalue weighted by Crippen LogP contribution is -2.61. The van der Waals surface area contributed by atoms with Crippen molar-refractivity contribution in [3.8, 4) is 0 Å². The molecule has 6 saturated heterocycles. The van der Waals surface area contributed by atoms with Crippen LogP contribution in [0.2, 0.25) is 0 Å². The van der Waals surface area contributed by atoms with E-state index < -0.39 is 210 Å². The molecule has 28 nitrogen and oxygen atoms in total. The van der Waals surface area contributed by atoms with Gasteiger partial charge < -0.3 is 122 Å². The molecule has 0 aliphatic carbocycles. The van der Waals surface area contributed by atoms with E-state index in [0.717, 1.165) is 0 Å². The molecule has 0 radical (unpaired) electrons. The van der Waals surface area contributed by atoms with Gasteiger partial charge in [0.05, 0.1) is 101 Å². The molecule has 0 aromatic heterocycles. The third-order valence-electron chi connectivity index (χ3n) is 24.8. The maximum absolute atomic E-state index is 14.2. The molecule has 6 aliphatic heterocycles. The summed E-state index contributed by atoms with van der Waals surface area (Å²) in [7, 11) is 13.6. The zero-order chi connectivity index (χ0) is 79.3. The van der Waals surface area contributed by atoms with E-state index in [0.29, 0.717) is 12.8 Å². The maximum Gasteiger partial charge on any atom is 0.311 e. The normalized spacial score (nSPS) is 49.7. The Labute approximate surface area is 620 Å². The van der Waals surface area contributed by atoms with E-state index in [1.165, 1.54) is 42.3 Å². The van der Waals surface area contributed by atoms with Gasteiger partial charge in [-0.15, -0.1) is 0 Å². The quantitative estimate of drug-likeness (QED) is 0.0948. The second-order valence-electron chi connectivity index (χ2n) is 33.5. The number of hydrogen-bond donors (Lipinski definition) is 9. The number of hydrogen-bond acceptors (Lipinski definition) is 28. The fourth-order valence-electron chi connectivity index (χ4n) is 17.3. The predicted octanol–water partition coefficient (Wildman–Crippen LogP) is 4.67. The summed E-state index contributed by atoms with van der Waals surface area (Å²) in [6.45, 7) is 34.5. The molecular weight excluding hydrogens is 1360 g/mol. The van der Waals surface area contributed by atoms with Crippen molar-refractivity contribution >= 4 is 17.7 Å². The van der Waals surface area contributed by atoms with Gasteiger partial charge in [0.2, 0.25) is 0 Å². The maximum atomic E-state index is 14.2. The predicted molar refractivity (Wildman–Crippen MR) is 383 cm³/mol. The SMILES string of the molecule is CC[C@H]1OC(=O)[C@H](C)[C@@H](O[C@H]2C[C@@](C)(OC)[C@@H](O)[C@H](C)O2)[C@H](C)[C@@H](O[C@@H]2O[C@H](C)C[C@H](N(C)C)[C@H]2O)[C@](C)(OC)C[C@@H](C)C(=O)[C@H](C)[C@@H](O)[C@]1(C)O.CC[C@H]1OC(=O)[C@H](C)[C@@H](O[C@H]2C[C@@](C)(OC)[C@@H](O)[C@H](C)O2)[C@H](C)[C@@H](O[C@@H]2O[C@H](C)C[C@H](N(C)C)[C@H]2O)[C@](C)(OC)C[C@@H](C)[C@H](O)[C@H](C)[C@@H](O)[C@]1(C)O. The van der Waals surface area contributed by atoms with Gasteiger partial charge in [-0.25, -0.2) is 0 Å². The Kier molecular flexibility index (Phi) is 33.1. The molecule has 0 saturated carbocycles. The van der Waals surface area contributed by atoms with Crippen LogP contribution in [0, 0.1) is 47.3 Å². The van der Waals surface area contributed by atoms with Crippen molar-refractivity contribution in [3.05, 3.63) is 0 Å². The lowest BCUT2D eigenvalue weighted by Gasteiger charge is -2.50. The minimum atomic E-state index is -1.96. The number of rotatable bonds is 16. The standard InChI is InChI=1S/C38H71NO13.C38H69NO13/c2*1-15-26-38(10,45)31(42)21(4)28(40)19(2)17-37(9,47-14)33(52-35-29(41)25(39(11)12)16-20(3)48-35)22(5)30(23(6)34(44)50-26)51-27-18-36(8,46-13)32(43)24(7)49-27/h19-33,35,40-43,45H,15-18H2,1-14H3;19-27,29-33,35,41-43,45H,15-18H2,1-14H3/t19-,20-,21+,22+,23-,24+,25+,26-,27+,28+,29-,30+,31-,32+,33-,35+,36-,37-,38-;19-,20-,21+,22+,23-,24+,25+,26-,27+,29-,30+,31-,32+,33-,35+,36-,37-,38-/m11/s1. The summed E-state index contributed by atoms with van der Waals surface area (Å²) in [6, 6.07) is -0.552. The number of esters is 2. The van der Waals surface area contributed by atoms with Gasteiger partial charge >= 0.3 is 11.9 Å². The van der Waals surface area contributed by atoms with Crippen LogP contribution in [-0.2, 0) is 80.7 Å². The third-order valence-corrected chi connectivity index (χ3v) is 24.8. The topological polar surface area (TPSA) is 369 Å². The average molecular weight is 1500 g/mol. The molecule has 0 amide bonds. The number of cyclic esters (lactones) is 2. The number of nitrogens with zero attached hydrogens (tertiary/aromatic N) is 2. The highest BCUT2D eigenvalue weighted by Gasteiger charge is 2.58. The molecule has 0 aromatic rings. The second kappa shape index (κ2) is 37.3. The van der Waals surface area contributed by atoms with E-state index in [1.807, 2.05) is 79.5 Å². The number of carbonyl (C=O) groups excluding carboxylic acids is 3. The Hall–Kier alpha value is -2.31. The first-order chi connectivity index (χ1) is 48.0. The minimum absolute atomic E-state index is 0.111. The van der Waals surface area contributed by atoms with Crippen LogP contribution in [0.3, 0.4) is 0 Å². The largest absolute Gasteiger partial charge is 0.459 e. The Bertz CT molecular complexity index is 2680. The Morgan fingerprint density at radius 1 is 0.433 bits per heavy atom. The first kappa shape index (κ1) is 92.3. The molecule has 6 aliphatic rings. The molecule has 0 unspecified atom stereocenters. The van der Waals surface area contributed by atoms with Gasteiger partial charge in [0.1, 0.15) is 53.6 Å². The Morgan fingerprint density at radius 3 is 1.12 bits per heavy atom. The number of Topliss-reactive ketones (excluding diaryl/α,β-unsaturated/α-hetero) is 1. The van der Waals surface area contributed by atoms with E-state index in [9.17, 15) is 60.3 Å². The number of aliphatic hydroxyl groups excluding tert-OH is 7. The smallest absolute Gasteiger partial charge is 0.311 e. The lowest BCUT2D eigenvalue weighted by molar-refractivity contribution is -0.320. The molecule has 104 heavy (non-hydrogen) atoms. The lowest BCUT2D eigenvalue weighted by atomic mass is 9.73. The van der Waals surface area contributed by atoms with Crippen molar-refractivity contribution in [3.63, 3.8) is 0 Å². The Morgan fingerprint density at radius 2 is 0.779 bits per heavy atom. The van der Waals surface area contributed by atoms with Gasteiger partial charge in [0.25, 0.3) is 0 Å². The fourth-order valence-corrected chi connectivity index (χ4v) is 17.3. The molecule has 28 heteroatoms. The van der Waals surface area contributed by atoms with Crippen LogP contribution >= 0.6 is 0 Å². The number of carbonyl (C=O) groups is 3. The van der Waals surface area contributed by atoms with E-state index >= 15 is 0 Å². The van der Waals surface area contributed by atoms with Gasteiger partial charge in [-0.05, 0) is 156 Å². The molecule has 6 fully saturated rings. The first-order valence-electron chi connectivity index (χ1n) is 37.9. The van der Waals surface area contributed by atoms with Crippen molar-refractivity contribution in [2.45, 2.75) is 364 Å². The highest BCUT2D eigenvalue weighted by Crippen LogP contribution is 2.46. The number of ether oxygens (including phenoxy) is 14. The summed E-state index contributed by atoms with van der Waals surface area (Å²) in [4.78, 5) is 46.2. The number of likely N-dealkylation sites (N-methyl/N-ethyl adjacent to an activating group) is 2. The van der Waals surface area contributed by atoms with Crippen molar-refractivity contribution in [1.29, 1.82) is 0 Å². The molecule has 6 heterocycles. The molecule has 0 spiro atoms. The zero-order valence-corrected chi connectivity index (χ0v) is 67.9.